The van der Waals surface area contributed by atoms with Gasteiger partial charge >= 0.3 is 0 Å². The van der Waals surface area contributed by atoms with Gasteiger partial charge in [0.15, 0.2) is 9.84 Å². The quantitative estimate of drug-likeness (QED) is 0.847. The van der Waals surface area contributed by atoms with Crippen LogP contribution in [0.5, 0.6) is 5.88 Å². The minimum absolute atomic E-state index is 0.0259. The third-order valence-electron chi connectivity index (χ3n) is 2.48. The van der Waals surface area contributed by atoms with E-state index in [1.54, 1.807) is 12.1 Å². The molecule has 0 aliphatic rings. The maximum absolute atomic E-state index is 12.1. The lowest BCUT2D eigenvalue weighted by molar-refractivity contribution is 0.397. The zero-order valence-corrected chi connectivity index (χ0v) is 10.7. The summed E-state index contributed by atoms with van der Waals surface area (Å²) in [6, 6.07) is 12.1. The summed E-state index contributed by atoms with van der Waals surface area (Å²) in [5.74, 6) is 0.371. The number of methoxy groups -OCH3 is 1. The van der Waals surface area contributed by atoms with Crippen molar-refractivity contribution >= 4 is 9.84 Å². The van der Waals surface area contributed by atoms with E-state index in [1.165, 1.54) is 25.4 Å². The Morgan fingerprint density at radius 2 is 1.83 bits per heavy atom. The number of hydrogen-bond donors (Lipinski definition) is 0. The van der Waals surface area contributed by atoms with Crippen molar-refractivity contribution in [3.63, 3.8) is 0 Å². The number of ether oxygens (including phenoxy) is 1. The van der Waals surface area contributed by atoms with Gasteiger partial charge in [0.25, 0.3) is 0 Å². The van der Waals surface area contributed by atoms with Crippen molar-refractivity contribution in [1.29, 1.82) is 0 Å². The summed E-state index contributed by atoms with van der Waals surface area (Å²) in [5.41, 5.74) is 0.758. The predicted molar refractivity (Wildman–Crippen MR) is 68.1 cm³/mol. The van der Waals surface area contributed by atoms with Gasteiger partial charge in [0.1, 0.15) is 0 Å². The molecule has 2 rings (SSSR count). The molecule has 2 aromatic rings. The highest BCUT2D eigenvalue weighted by Gasteiger charge is 2.15. The largest absolute Gasteiger partial charge is 0.481 e. The Morgan fingerprint density at radius 1 is 1.11 bits per heavy atom. The van der Waals surface area contributed by atoms with Gasteiger partial charge < -0.3 is 4.74 Å². The first-order valence-corrected chi connectivity index (χ1v) is 7.04. The van der Waals surface area contributed by atoms with Gasteiger partial charge in [-0.1, -0.05) is 30.3 Å². The van der Waals surface area contributed by atoms with Crippen LogP contribution in [0.1, 0.15) is 5.56 Å². The number of pyridine rings is 1. The molecule has 0 aliphatic carbocycles. The van der Waals surface area contributed by atoms with Crippen molar-refractivity contribution < 1.29 is 13.2 Å². The van der Waals surface area contributed by atoms with E-state index in [0.29, 0.717) is 5.88 Å². The smallest absolute Gasteiger partial charge is 0.212 e. The Labute approximate surface area is 106 Å². The van der Waals surface area contributed by atoms with Crippen LogP contribution in [0.4, 0.5) is 0 Å². The molecule has 0 bridgehead atoms. The summed E-state index contributed by atoms with van der Waals surface area (Å²) >= 11 is 0. The van der Waals surface area contributed by atoms with Gasteiger partial charge in [0.2, 0.25) is 5.88 Å². The van der Waals surface area contributed by atoms with Gasteiger partial charge in [-0.3, -0.25) is 0 Å². The molecule has 1 aromatic heterocycles. The number of benzene rings is 1. The number of rotatable bonds is 4. The average molecular weight is 263 g/mol. The fraction of sp³-hybridized carbons (Fsp3) is 0.154. The molecule has 0 fully saturated rings. The second-order valence-electron chi connectivity index (χ2n) is 3.78. The Kier molecular flexibility index (Phi) is 3.62. The normalized spacial score (nSPS) is 11.2. The summed E-state index contributed by atoms with van der Waals surface area (Å²) in [6.45, 7) is 0. The fourth-order valence-corrected chi connectivity index (χ4v) is 2.84. The molecule has 94 valence electrons. The zero-order chi connectivity index (χ0) is 13.0. The zero-order valence-electron chi connectivity index (χ0n) is 9.91. The van der Waals surface area contributed by atoms with Crippen molar-refractivity contribution in [1.82, 2.24) is 4.98 Å². The second-order valence-corrected chi connectivity index (χ2v) is 5.77. The van der Waals surface area contributed by atoms with E-state index >= 15 is 0 Å². The maximum Gasteiger partial charge on any atom is 0.212 e. The van der Waals surface area contributed by atoms with E-state index in [9.17, 15) is 8.42 Å². The van der Waals surface area contributed by atoms with Crippen LogP contribution in [0.25, 0.3) is 0 Å². The molecule has 18 heavy (non-hydrogen) atoms. The highest BCUT2D eigenvalue weighted by molar-refractivity contribution is 7.90. The highest BCUT2D eigenvalue weighted by atomic mass is 32.2. The van der Waals surface area contributed by atoms with Crippen molar-refractivity contribution in [3.8, 4) is 5.88 Å². The third kappa shape index (κ3) is 2.87. The standard InChI is InChI=1S/C13H13NO3S/c1-17-13-8-7-12(9-14-13)18(15,16)10-11-5-3-2-4-6-11/h2-9H,10H2,1H3. The molecule has 0 saturated carbocycles. The molecule has 0 N–H and O–H groups in total. The Bertz CT molecular complexity index is 606. The van der Waals surface area contributed by atoms with E-state index in [2.05, 4.69) is 4.98 Å². The van der Waals surface area contributed by atoms with Crippen LogP contribution >= 0.6 is 0 Å². The SMILES string of the molecule is COc1ccc(S(=O)(=O)Cc2ccccc2)cn1. The minimum Gasteiger partial charge on any atom is -0.481 e. The Hall–Kier alpha value is -1.88. The Balaban J connectivity index is 2.25. The van der Waals surface area contributed by atoms with E-state index in [-0.39, 0.29) is 10.6 Å². The van der Waals surface area contributed by atoms with E-state index in [1.807, 2.05) is 18.2 Å². The Morgan fingerprint density at radius 3 is 2.39 bits per heavy atom. The second kappa shape index (κ2) is 5.18. The number of sulfone groups is 1. The van der Waals surface area contributed by atoms with Crippen LogP contribution in [0, 0.1) is 0 Å². The van der Waals surface area contributed by atoms with Gasteiger partial charge in [0.05, 0.1) is 17.8 Å². The highest BCUT2D eigenvalue weighted by Crippen LogP contribution is 2.17. The van der Waals surface area contributed by atoms with Gasteiger partial charge in [-0.05, 0) is 11.6 Å². The van der Waals surface area contributed by atoms with Crippen molar-refractivity contribution in [2.45, 2.75) is 10.6 Å². The van der Waals surface area contributed by atoms with Gasteiger partial charge in [-0.2, -0.15) is 0 Å². The lowest BCUT2D eigenvalue weighted by atomic mass is 10.2. The fourth-order valence-electron chi connectivity index (χ4n) is 1.55. The van der Waals surface area contributed by atoms with E-state index in [0.717, 1.165) is 5.56 Å². The molecule has 0 unspecified atom stereocenters. The molecule has 0 atom stereocenters. The van der Waals surface area contributed by atoms with Crippen LogP contribution in [0.3, 0.4) is 0 Å². The molecule has 5 heteroatoms. The van der Waals surface area contributed by atoms with Crippen LogP contribution in [-0.4, -0.2) is 20.5 Å². The summed E-state index contributed by atoms with van der Waals surface area (Å²) in [5, 5.41) is 0. The molecule has 0 aliphatic heterocycles. The molecule has 0 saturated heterocycles. The summed E-state index contributed by atoms with van der Waals surface area (Å²) < 4.78 is 29.1. The van der Waals surface area contributed by atoms with Crippen LogP contribution in [-0.2, 0) is 15.6 Å². The van der Waals surface area contributed by atoms with Gasteiger partial charge in [0, 0.05) is 12.3 Å². The number of aromatic nitrogens is 1. The third-order valence-corrected chi connectivity index (χ3v) is 4.15. The molecule has 0 amide bonds. The molecule has 4 nitrogen and oxygen atoms in total. The van der Waals surface area contributed by atoms with Crippen molar-refractivity contribution in [3.05, 3.63) is 54.2 Å². The topological polar surface area (TPSA) is 56.3 Å². The first kappa shape index (κ1) is 12.6. The number of hydrogen-bond acceptors (Lipinski definition) is 4. The lowest BCUT2D eigenvalue weighted by Crippen LogP contribution is -2.05. The monoisotopic (exact) mass is 263 g/mol. The van der Waals surface area contributed by atoms with Crippen LogP contribution in [0.15, 0.2) is 53.6 Å². The molecule has 0 radical (unpaired) electrons. The average Bonchev–Trinajstić information content (AvgIpc) is 2.39. The van der Waals surface area contributed by atoms with Crippen molar-refractivity contribution in [2.24, 2.45) is 0 Å². The molecule has 1 heterocycles. The predicted octanol–water partition coefficient (Wildman–Crippen LogP) is 2.06. The molecule has 0 spiro atoms. The van der Waals surface area contributed by atoms with Crippen molar-refractivity contribution in [2.75, 3.05) is 7.11 Å². The first-order chi connectivity index (χ1) is 8.62. The van der Waals surface area contributed by atoms with Crippen LogP contribution in [0.2, 0.25) is 0 Å². The lowest BCUT2D eigenvalue weighted by Gasteiger charge is -2.05. The summed E-state index contributed by atoms with van der Waals surface area (Å²) in [6.07, 6.45) is 1.32. The minimum atomic E-state index is -3.36. The van der Waals surface area contributed by atoms with Gasteiger partial charge in [-0.25, -0.2) is 13.4 Å². The summed E-state index contributed by atoms with van der Waals surface area (Å²) in [4.78, 5) is 4.10. The summed E-state index contributed by atoms with van der Waals surface area (Å²) in [7, 11) is -1.87. The first-order valence-electron chi connectivity index (χ1n) is 5.38. The maximum atomic E-state index is 12.1. The number of nitrogens with zero attached hydrogens (tertiary/aromatic N) is 1. The van der Waals surface area contributed by atoms with Gasteiger partial charge in [-0.15, -0.1) is 0 Å². The van der Waals surface area contributed by atoms with E-state index < -0.39 is 9.84 Å². The molecule has 1 aromatic carbocycles. The molecular formula is C13H13NO3S. The van der Waals surface area contributed by atoms with E-state index in [4.69, 9.17) is 4.74 Å². The van der Waals surface area contributed by atoms with Crippen LogP contribution < -0.4 is 4.74 Å². The molecular weight excluding hydrogens is 250 g/mol.